The molecule has 1 aliphatic rings. The average Bonchev–Trinajstić information content (AvgIpc) is 3.14. The van der Waals surface area contributed by atoms with E-state index in [4.69, 9.17) is 4.74 Å². The van der Waals surface area contributed by atoms with Gasteiger partial charge in [-0.15, -0.1) is 11.3 Å². The molecule has 1 aliphatic heterocycles. The third-order valence-corrected chi connectivity index (χ3v) is 7.33. The second kappa shape index (κ2) is 8.59. The van der Waals surface area contributed by atoms with Crippen molar-refractivity contribution in [1.29, 1.82) is 0 Å². The Balaban J connectivity index is 1.27. The molecule has 0 aliphatic carbocycles. The number of hydrogen-bond acceptors (Lipinski definition) is 6. The van der Waals surface area contributed by atoms with E-state index in [9.17, 15) is 9.59 Å². The van der Waals surface area contributed by atoms with E-state index in [-0.39, 0.29) is 17.6 Å². The van der Waals surface area contributed by atoms with Crippen molar-refractivity contribution in [2.24, 2.45) is 7.05 Å². The Bertz CT molecular complexity index is 1050. The van der Waals surface area contributed by atoms with Crippen molar-refractivity contribution in [3.63, 3.8) is 0 Å². The second-order valence-corrected chi connectivity index (χ2v) is 9.42. The van der Waals surface area contributed by atoms with Crippen molar-refractivity contribution >= 4 is 39.2 Å². The number of piperidine rings is 1. The van der Waals surface area contributed by atoms with Crippen molar-refractivity contribution in [1.82, 2.24) is 14.5 Å². The van der Waals surface area contributed by atoms with Crippen LogP contribution in [-0.4, -0.2) is 45.3 Å². The number of fused-ring (bicyclic) bond motifs is 1. The molecule has 4 rings (SSSR count). The van der Waals surface area contributed by atoms with Gasteiger partial charge in [0.15, 0.2) is 4.34 Å². The number of nitrogens with zero attached hydrogens (tertiary/aromatic N) is 3. The van der Waals surface area contributed by atoms with Gasteiger partial charge in [0.25, 0.3) is 5.56 Å². The largest absolute Gasteiger partial charge is 0.490 e. The summed E-state index contributed by atoms with van der Waals surface area (Å²) in [7, 11) is 1.75. The molecule has 1 aromatic carbocycles. The van der Waals surface area contributed by atoms with Crippen molar-refractivity contribution in [2.45, 2.75) is 30.2 Å². The van der Waals surface area contributed by atoms with E-state index in [0.717, 1.165) is 33.1 Å². The molecule has 0 unspecified atom stereocenters. The van der Waals surface area contributed by atoms with Gasteiger partial charge >= 0.3 is 0 Å². The number of amides is 1. The predicted octanol–water partition coefficient (Wildman–Crippen LogP) is 3.47. The first-order chi connectivity index (χ1) is 14.0. The Labute approximate surface area is 177 Å². The summed E-state index contributed by atoms with van der Waals surface area (Å²) in [5, 5.41) is 0. The molecule has 0 N–H and O–H groups in total. The van der Waals surface area contributed by atoms with E-state index in [1.54, 1.807) is 23.0 Å². The molecule has 3 heterocycles. The first-order valence-corrected chi connectivity index (χ1v) is 11.4. The number of ether oxygens (including phenoxy) is 1. The zero-order chi connectivity index (χ0) is 20.4. The van der Waals surface area contributed by atoms with Crippen molar-refractivity contribution < 1.29 is 9.53 Å². The minimum absolute atomic E-state index is 0.0301. The monoisotopic (exact) mass is 429 g/mol. The van der Waals surface area contributed by atoms with Crippen LogP contribution >= 0.6 is 23.1 Å². The topological polar surface area (TPSA) is 64.4 Å². The van der Waals surface area contributed by atoms with Crippen LogP contribution in [0.15, 0.2) is 45.5 Å². The molecular formula is C21H23N3O3S2. The number of benzene rings is 1. The van der Waals surface area contributed by atoms with Gasteiger partial charge in [-0.1, -0.05) is 23.9 Å². The molecule has 0 bridgehead atoms. The summed E-state index contributed by atoms with van der Waals surface area (Å²) in [5.74, 6) is 1.15. The van der Waals surface area contributed by atoms with Gasteiger partial charge in [-0.25, -0.2) is 4.98 Å². The number of likely N-dealkylation sites (tertiary alicyclic amines) is 1. The molecule has 29 heavy (non-hydrogen) atoms. The number of carbonyl (C=O) groups is 1. The normalized spacial score (nSPS) is 15.0. The highest BCUT2D eigenvalue weighted by Crippen LogP contribution is 2.29. The molecule has 1 saturated heterocycles. The third-order valence-electron chi connectivity index (χ3n) is 5.17. The van der Waals surface area contributed by atoms with Crippen LogP contribution in [0.25, 0.3) is 10.2 Å². The van der Waals surface area contributed by atoms with Crippen LogP contribution in [0.3, 0.4) is 0 Å². The van der Waals surface area contributed by atoms with Crippen molar-refractivity contribution in [2.75, 3.05) is 18.8 Å². The lowest BCUT2D eigenvalue weighted by molar-refractivity contribution is -0.130. The molecule has 1 fully saturated rings. The summed E-state index contributed by atoms with van der Waals surface area (Å²) in [4.78, 5) is 31.0. The molecule has 0 spiro atoms. The molecule has 2 aromatic heterocycles. The van der Waals surface area contributed by atoms with Crippen LogP contribution in [0.4, 0.5) is 0 Å². The SMILES string of the molecule is Cc1cc(OC2CCN(C(=O)CSc3nc4ccccc4s3)CC2)cc(=O)n1C. The predicted molar refractivity (Wildman–Crippen MR) is 117 cm³/mol. The Morgan fingerprint density at radius 1 is 1.28 bits per heavy atom. The van der Waals surface area contributed by atoms with Gasteiger partial charge < -0.3 is 14.2 Å². The number of hydrogen-bond donors (Lipinski definition) is 0. The van der Waals surface area contributed by atoms with Crippen LogP contribution in [-0.2, 0) is 11.8 Å². The Morgan fingerprint density at radius 3 is 2.76 bits per heavy atom. The summed E-state index contributed by atoms with van der Waals surface area (Å²) < 4.78 is 9.67. The lowest BCUT2D eigenvalue weighted by Gasteiger charge is -2.32. The van der Waals surface area contributed by atoms with Crippen molar-refractivity contribution in [3.8, 4) is 5.75 Å². The van der Waals surface area contributed by atoms with Crippen LogP contribution in [0.5, 0.6) is 5.75 Å². The average molecular weight is 430 g/mol. The summed E-state index contributed by atoms with van der Waals surface area (Å²) in [6.07, 6.45) is 1.57. The molecule has 0 saturated carbocycles. The van der Waals surface area contributed by atoms with E-state index >= 15 is 0 Å². The van der Waals surface area contributed by atoms with E-state index in [2.05, 4.69) is 4.98 Å². The maximum Gasteiger partial charge on any atom is 0.254 e. The minimum Gasteiger partial charge on any atom is -0.490 e. The second-order valence-electron chi connectivity index (χ2n) is 7.16. The smallest absolute Gasteiger partial charge is 0.254 e. The first-order valence-electron chi connectivity index (χ1n) is 9.60. The quantitative estimate of drug-likeness (QED) is 0.581. The zero-order valence-corrected chi connectivity index (χ0v) is 18.1. The van der Waals surface area contributed by atoms with E-state index in [1.807, 2.05) is 42.2 Å². The number of thioether (sulfide) groups is 1. The maximum atomic E-state index is 12.6. The van der Waals surface area contributed by atoms with Gasteiger partial charge in [0.2, 0.25) is 5.91 Å². The van der Waals surface area contributed by atoms with Gasteiger partial charge in [0.05, 0.1) is 16.0 Å². The number of aromatic nitrogens is 2. The number of pyridine rings is 1. The fourth-order valence-corrected chi connectivity index (χ4v) is 5.32. The molecule has 0 atom stereocenters. The van der Waals surface area contributed by atoms with Gasteiger partial charge in [0.1, 0.15) is 11.9 Å². The van der Waals surface area contributed by atoms with E-state index < -0.39 is 0 Å². The van der Waals surface area contributed by atoms with Gasteiger partial charge in [-0.05, 0) is 25.1 Å². The molecule has 1 amide bonds. The molecule has 0 radical (unpaired) electrons. The van der Waals surface area contributed by atoms with Gasteiger partial charge in [0, 0.05) is 44.7 Å². The lowest BCUT2D eigenvalue weighted by atomic mass is 10.1. The van der Waals surface area contributed by atoms with Crippen LogP contribution < -0.4 is 10.3 Å². The number of thiazole rings is 1. The number of aryl methyl sites for hydroxylation is 1. The fourth-order valence-electron chi connectivity index (χ4n) is 3.35. The lowest BCUT2D eigenvalue weighted by Crippen LogP contribution is -2.42. The standard InChI is InChI=1S/C21H23N3O3S2/c1-14-11-16(12-19(25)23(14)2)27-15-7-9-24(10-8-15)20(26)13-28-21-22-17-5-3-4-6-18(17)29-21/h3-6,11-12,15H,7-10,13H2,1-2H3. The summed E-state index contributed by atoms with van der Waals surface area (Å²) in [5.41, 5.74) is 1.78. The van der Waals surface area contributed by atoms with Crippen LogP contribution in [0.2, 0.25) is 0 Å². The Hall–Kier alpha value is -2.32. The van der Waals surface area contributed by atoms with Gasteiger partial charge in [-0.2, -0.15) is 0 Å². The van der Waals surface area contributed by atoms with Crippen LogP contribution in [0, 0.1) is 6.92 Å². The maximum absolute atomic E-state index is 12.6. The summed E-state index contributed by atoms with van der Waals surface area (Å²) in [6, 6.07) is 11.4. The molecule has 8 heteroatoms. The number of rotatable bonds is 5. The molecule has 6 nitrogen and oxygen atoms in total. The van der Waals surface area contributed by atoms with Crippen molar-refractivity contribution in [3.05, 3.63) is 52.4 Å². The zero-order valence-electron chi connectivity index (χ0n) is 16.5. The highest BCUT2D eigenvalue weighted by Gasteiger charge is 2.24. The Kier molecular flexibility index (Phi) is 5.91. The van der Waals surface area contributed by atoms with E-state index in [1.165, 1.54) is 17.8 Å². The number of para-hydroxylation sites is 1. The summed E-state index contributed by atoms with van der Waals surface area (Å²) >= 11 is 3.13. The van der Waals surface area contributed by atoms with Gasteiger partial charge in [-0.3, -0.25) is 9.59 Å². The molecule has 3 aromatic rings. The fraction of sp³-hybridized carbons (Fsp3) is 0.381. The first kappa shape index (κ1) is 20.0. The number of carbonyl (C=O) groups excluding carboxylic acids is 1. The summed E-state index contributed by atoms with van der Waals surface area (Å²) in [6.45, 7) is 3.24. The van der Waals surface area contributed by atoms with Crippen LogP contribution in [0.1, 0.15) is 18.5 Å². The third kappa shape index (κ3) is 4.64. The minimum atomic E-state index is -0.0699. The highest BCUT2D eigenvalue weighted by molar-refractivity contribution is 8.01. The molecule has 152 valence electrons. The molecular weight excluding hydrogens is 406 g/mol. The van der Waals surface area contributed by atoms with E-state index in [0.29, 0.717) is 24.6 Å². The highest BCUT2D eigenvalue weighted by atomic mass is 32.2. The Morgan fingerprint density at radius 2 is 2.03 bits per heavy atom.